The molecule has 0 fully saturated rings. The fourth-order valence-corrected chi connectivity index (χ4v) is 2.05. The first kappa shape index (κ1) is 9.80. The molecule has 0 amide bonds. The molecule has 0 atom stereocenters. The predicted octanol–water partition coefficient (Wildman–Crippen LogP) is 3.53. The summed E-state index contributed by atoms with van der Waals surface area (Å²) in [5.74, 6) is 0. The summed E-state index contributed by atoms with van der Waals surface area (Å²) in [5.41, 5.74) is 12.7. The molecule has 0 spiro atoms. The lowest BCUT2D eigenvalue weighted by atomic mass is 10.1. The minimum absolute atomic E-state index is 0.617. The van der Waals surface area contributed by atoms with Gasteiger partial charge in [-0.3, -0.25) is 0 Å². The van der Waals surface area contributed by atoms with E-state index in [0.717, 1.165) is 19.7 Å². The lowest BCUT2D eigenvalue weighted by molar-refractivity contribution is 1.63. The van der Waals surface area contributed by atoms with Crippen molar-refractivity contribution in [2.24, 2.45) is 0 Å². The molecule has 14 heavy (non-hydrogen) atoms. The maximum absolute atomic E-state index is 5.72. The Hall–Kier alpha value is -0.740. The number of halogens is 2. The maximum Gasteiger partial charge on any atom is 0.0554 e. The van der Waals surface area contributed by atoms with Crippen molar-refractivity contribution in [2.75, 3.05) is 11.5 Å². The standard InChI is InChI=1S/C10H8Br2N2/c11-7-1-5-3-9(13)10(14)4-6(5)2-8(7)12/h1-4H,13-14H2. The summed E-state index contributed by atoms with van der Waals surface area (Å²) in [6.45, 7) is 0. The molecule has 2 aromatic carbocycles. The molecule has 72 valence electrons. The van der Waals surface area contributed by atoms with Gasteiger partial charge in [-0.2, -0.15) is 0 Å². The first-order valence-electron chi connectivity index (χ1n) is 4.01. The van der Waals surface area contributed by atoms with E-state index in [1.54, 1.807) is 0 Å². The molecule has 0 unspecified atom stereocenters. The molecular weight excluding hydrogens is 308 g/mol. The third-order valence-corrected chi connectivity index (χ3v) is 3.93. The van der Waals surface area contributed by atoms with Gasteiger partial charge in [-0.25, -0.2) is 0 Å². The summed E-state index contributed by atoms with van der Waals surface area (Å²) in [7, 11) is 0. The minimum atomic E-state index is 0.617. The highest BCUT2D eigenvalue weighted by atomic mass is 79.9. The number of fused-ring (bicyclic) bond motifs is 1. The number of hydrogen-bond acceptors (Lipinski definition) is 2. The lowest BCUT2D eigenvalue weighted by Crippen LogP contribution is -1.94. The summed E-state index contributed by atoms with van der Waals surface area (Å²) < 4.78 is 2.02. The molecule has 2 rings (SSSR count). The van der Waals surface area contributed by atoms with Crippen LogP contribution in [0.4, 0.5) is 11.4 Å². The van der Waals surface area contributed by atoms with Gasteiger partial charge in [0.2, 0.25) is 0 Å². The third-order valence-electron chi connectivity index (χ3n) is 2.08. The van der Waals surface area contributed by atoms with Crippen molar-refractivity contribution in [3.05, 3.63) is 33.2 Å². The van der Waals surface area contributed by atoms with Crippen LogP contribution >= 0.6 is 31.9 Å². The van der Waals surface area contributed by atoms with Crippen molar-refractivity contribution >= 4 is 54.0 Å². The van der Waals surface area contributed by atoms with Crippen LogP contribution in [0.3, 0.4) is 0 Å². The average molecular weight is 316 g/mol. The Morgan fingerprint density at radius 3 is 1.43 bits per heavy atom. The van der Waals surface area contributed by atoms with E-state index in [1.807, 2.05) is 24.3 Å². The number of anilines is 2. The SMILES string of the molecule is Nc1cc2cc(Br)c(Br)cc2cc1N. The van der Waals surface area contributed by atoms with Crippen LogP contribution in [0, 0.1) is 0 Å². The predicted molar refractivity (Wildman–Crippen MR) is 68.2 cm³/mol. The van der Waals surface area contributed by atoms with Crippen LogP contribution < -0.4 is 11.5 Å². The van der Waals surface area contributed by atoms with Crippen LogP contribution in [0.25, 0.3) is 10.8 Å². The van der Waals surface area contributed by atoms with Crippen molar-refractivity contribution in [3.63, 3.8) is 0 Å². The van der Waals surface area contributed by atoms with Gasteiger partial charge < -0.3 is 11.5 Å². The normalized spacial score (nSPS) is 10.7. The molecule has 0 saturated carbocycles. The van der Waals surface area contributed by atoms with Gasteiger partial charge in [0.15, 0.2) is 0 Å². The van der Waals surface area contributed by atoms with Crippen LogP contribution in [-0.4, -0.2) is 0 Å². The average Bonchev–Trinajstić information content (AvgIpc) is 2.11. The van der Waals surface area contributed by atoms with E-state index in [1.165, 1.54) is 0 Å². The summed E-state index contributed by atoms with van der Waals surface area (Å²) in [6.07, 6.45) is 0. The van der Waals surface area contributed by atoms with E-state index in [2.05, 4.69) is 31.9 Å². The molecule has 2 nitrogen and oxygen atoms in total. The van der Waals surface area contributed by atoms with E-state index in [4.69, 9.17) is 11.5 Å². The zero-order chi connectivity index (χ0) is 10.3. The van der Waals surface area contributed by atoms with Crippen molar-refractivity contribution in [1.29, 1.82) is 0 Å². The molecule has 0 aliphatic carbocycles. The Balaban J connectivity index is 2.83. The number of rotatable bonds is 0. The van der Waals surface area contributed by atoms with Crippen LogP contribution in [0.5, 0.6) is 0 Å². The smallest absolute Gasteiger partial charge is 0.0554 e. The second kappa shape index (κ2) is 3.44. The Morgan fingerprint density at radius 2 is 1.07 bits per heavy atom. The molecule has 4 heteroatoms. The molecule has 0 aromatic heterocycles. The monoisotopic (exact) mass is 314 g/mol. The van der Waals surface area contributed by atoms with Crippen LogP contribution in [0.15, 0.2) is 33.2 Å². The molecule has 0 aliphatic heterocycles. The van der Waals surface area contributed by atoms with Crippen molar-refractivity contribution in [3.8, 4) is 0 Å². The van der Waals surface area contributed by atoms with E-state index in [0.29, 0.717) is 11.4 Å². The molecule has 0 heterocycles. The number of nitrogens with two attached hydrogens (primary N) is 2. The summed E-state index contributed by atoms with van der Waals surface area (Å²) >= 11 is 6.88. The molecule has 0 saturated heterocycles. The largest absolute Gasteiger partial charge is 0.397 e. The van der Waals surface area contributed by atoms with Crippen molar-refractivity contribution < 1.29 is 0 Å². The quantitative estimate of drug-likeness (QED) is 0.731. The van der Waals surface area contributed by atoms with Gasteiger partial charge in [0.25, 0.3) is 0 Å². The maximum atomic E-state index is 5.72. The Labute approximate surface area is 98.5 Å². The molecule has 2 aromatic rings. The Morgan fingerprint density at radius 1 is 0.714 bits per heavy atom. The molecule has 4 N–H and O–H groups in total. The van der Waals surface area contributed by atoms with Gasteiger partial charge in [0, 0.05) is 8.95 Å². The zero-order valence-corrected chi connectivity index (χ0v) is 10.4. The molecule has 0 radical (unpaired) electrons. The number of benzene rings is 2. The van der Waals surface area contributed by atoms with Crippen molar-refractivity contribution in [2.45, 2.75) is 0 Å². The first-order valence-corrected chi connectivity index (χ1v) is 5.60. The van der Waals surface area contributed by atoms with Crippen LogP contribution in [0.1, 0.15) is 0 Å². The topological polar surface area (TPSA) is 52.0 Å². The third kappa shape index (κ3) is 1.60. The highest BCUT2D eigenvalue weighted by Gasteiger charge is 2.02. The van der Waals surface area contributed by atoms with Crippen molar-refractivity contribution in [1.82, 2.24) is 0 Å². The zero-order valence-electron chi connectivity index (χ0n) is 7.22. The Bertz CT molecular complexity index is 420. The van der Waals surface area contributed by atoms with Gasteiger partial charge in [0.1, 0.15) is 0 Å². The first-order chi connectivity index (χ1) is 6.58. The summed E-state index contributed by atoms with van der Waals surface area (Å²) in [5, 5.41) is 2.15. The van der Waals surface area contributed by atoms with Crippen LogP contribution in [-0.2, 0) is 0 Å². The molecule has 0 bridgehead atoms. The van der Waals surface area contributed by atoms with E-state index < -0.39 is 0 Å². The van der Waals surface area contributed by atoms with E-state index >= 15 is 0 Å². The van der Waals surface area contributed by atoms with Gasteiger partial charge >= 0.3 is 0 Å². The van der Waals surface area contributed by atoms with Gasteiger partial charge in [-0.05, 0) is 66.9 Å². The van der Waals surface area contributed by atoms with Gasteiger partial charge in [0.05, 0.1) is 11.4 Å². The second-order valence-corrected chi connectivity index (χ2v) is 4.80. The van der Waals surface area contributed by atoms with Crippen LogP contribution in [0.2, 0.25) is 0 Å². The fourth-order valence-electron chi connectivity index (χ4n) is 1.33. The number of hydrogen-bond donors (Lipinski definition) is 2. The molecular formula is C10H8Br2N2. The fraction of sp³-hybridized carbons (Fsp3) is 0. The summed E-state index contributed by atoms with van der Waals surface area (Å²) in [4.78, 5) is 0. The highest BCUT2D eigenvalue weighted by Crippen LogP contribution is 2.31. The lowest BCUT2D eigenvalue weighted by Gasteiger charge is -2.05. The van der Waals surface area contributed by atoms with Gasteiger partial charge in [-0.15, -0.1) is 0 Å². The second-order valence-electron chi connectivity index (χ2n) is 3.09. The molecule has 0 aliphatic rings. The highest BCUT2D eigenvalue weighted by molar-refractivity contribution is 9.13. The van der Waals surface area contributed by atoms with E-state index in [9.17, 15) is 0 Å². The van der Waals surface area contributed by atoms with E-state index in [-0.39, 0.29) is 0 Å². The van der Waals surface area contributed by atoms with Gasteiger partial charge in [-0.1, -0.05) is 0 Å². The minimum Gasteiger partial charge on any atom is -0.397 e. The summed E-state index contributed by atoms with van der Waals surface area (Å²) in [6, 6.07) is 7.77. The Kier molecular flexibility index (Phi) is 2.41. The number of nitrogen functional groups attached to an aromatic ring is 2.